The van der Waals surface area contributed by atoms with Crippen LogP contribution in [0.5, 0.6) is 11.5 Å². The number of halogens is 1. The van der Waals surface area contributed by atoms with E-state index in [-0.39, 0.29) is 0 Å². The molecule has 0 fully saturated rings. The molecule has 28 heavy (non-hydrogen) atoms. The van der Waals surface area contributed by atoms with Gasteiger partial charge in [0.1, 0.15) is 6.61 Å². The first-order valence-electron chi connectivity index (χ1n) is 9.28. The van der Waals surface area contributed by atoms with Crippen molar-refractivity contribution in [2.24, 2.45) is 4.99 Å². The molecule has 0 radical (unpaired) electrons. The maximum atomic E-state index is 6.05. The minimum atomic E-state index is 0.504. The normalized spacial score (nSPS) is 11.0. The van der Waals surface area contributed by atoms with E-state index >= 15 is 0 Å². The molecule has 0 aromatic heterocycles. The number of benzene rings is 3. The largest absolute Gasteiger partial charge is 0.493 e. The summed E-state index contributed by atoms with van der Waals surface area (Å²) in [5.74, 6) is 1.47. The monoisotopic (exact) mass is 485 g/mol. The highest BCUT2D eigenvalue weighted by molar-refractivity contribution is 14.1. The van der Waals surface area contributed by atoms with Gasteiger partial charge in [-0.25, -0.2) is 0 Å². The molecule has 4 heteroatoms. The first kappa shape index (κ1) is 20.4. The van der Waals surface area contributed by atoms with E-state index in [1.807, 2.05) is 24.4 Å². The van der Waals surface area contributed by atoms with Crippen LogP contribution in [-0.2, 0) is 13.0 Å². The van der Waals surface area contributed by atoms with Crippen molar-refractivity contribution in [3.63, 3.8) is 0 Å². The van der Waals surface area contributed by atoms with Crippen LogP contribution in [0.3, 0.4) is 0 Å². The Morgan fingerprint density at radius 3 is 2.29 bits per heavy atom. The van der Waals surface area contributed by atoms with Gasteiger partial charge in [-0.3, -0.25) is 4.99 Å². The molecule has 0 aliphatic rings. The predicted octanol–water partition coefficient (Wildman–Crippen LogP) is 6.50. The van der Waals surface area contributed by atoms with Crippen LogP contribution >= 0.6 is 22.6 Å². The predicted molar refractivity (Wildman–Crippen MR) is 124 cm³/mol. The lowest BCUT2D eigenvalue weighted by molar-refractivity contribution is 0.282. The number of aryl methyl sites for hydroxylation is 2. The van der Waals surface area contributed by atoms with Crippen LogP contribution in [0.2, 0.25) is 0 Å². The Morgan fingerprint density at radius 1 is 0.964 bits per heavy atom. The Hall–Kier alpha value is -2.34. The van der Waals surface area contributed by atoms with Gasteiger partial charge in [0.05, 0.1) is 16.4 Å². The third kappa shape index (κ3) is 5.35. The third-order valence-electron chi connectivity index (χ3n) is 4.46. The first-order chi connectivity index (χ1) is 13.6. The highest BCUT2D eigenvalue weighted by Gasteiger charge is 2.11. The Labute approximate surface area is 180 Å². The van der Waals surface area contributed by atoms with E-state index in [4.69, 9.17) is 9.47 Å². The second kappa shape index (κ2) is 9.73. The second-order valence-electron chi connectivity index (χ2n) is 6.59. The van der Waals surface area contributed by atoms with Crippen molar-refractivity contribution in [1.82, 2.24) is 0 Å². The summed E-state index contributed by atoms with van der Waals surface area (Å²) in [6.07, 6.45) is 2.89. The van der Waals surface area contributed by atoms with Gasteiger partial charge in [0.2, 0.25) is 0 Å². The van der Waals surface area contributed by atoms with E-state index in [0.29, 0.717) is 12.4 Å². The molecule has 0 N–H and O–H groups in total. The number of nitrogens with zero attached hydrogens (tertiary/aromatic N) is 1. The van der Waals surface area contributed by atoms with Crippen LogP contribution in [0.25, 0.3) is 0 Å². The topological polar surface area (TPSA) is 30.8 Å². The van der Waals surface area contributed by atoms with Crippen molar-refractivity contribution in [1.29, 1.82) is 0 Å². The Balaban J connectivity index is 1.76. The van der Waals surface area contributed by atoms with E-state index in [0.717, 1.165) is 32.6 Å². The average molecular weight is 485 g/mol. The Kier molecular flexibility index (Phi) is 7.09. The SMILES string of the molecule is CCc1ccc(N=Cc2cc(I)c(OCc3ccc(C)cc3)c(OC)c2)cc1. The van der Waals surface area contributed by atoms with Crippen LogP contribution in [0.1, 0.15) is 29.2 Å². The number of rotatable bonds is 7. The van der Waals surface area contributed by atoms with Gasteiger partial charge >= 0.3 is 0 Å². The van der Waals surface area contributed by atoms with E-state index in [2.05, 4.69) is 83.9 Å². The van der Waals surface area contributed by atoms with Crippen LogP contribution in [-0.4, -0.2) is 13.3 Å². The van der Waals surface area contributed by atoms with Gasteiger partial charge in [-0.15, -0.1) is 0 Å². The molecule has 0 unspecified atom stereocenters. The van der Waals surface area contributed by atoms with Crippen LogP contribution in [0.15, 0.2) is 65.7 Å². The number of hydrogen-bond donors (Lipinski definition) is 0. The van der Waals surface area contributed by atoms with Gasteiger partial charge < -0.3 is 9.47 Å². The molecule has 0 bridgehead atoms. The molecule has 0 atom stereocenters. The summed E-state index contributed by atoms with van der Waals surface area (Å²) in [5, 5.41) is 0. The highest BCUT2D eigenvalue weighted by atomic mass is 127. The number of aliphatic imine (C=N–C) groups is 1. The van der Waals surface area contributed by atoms with E-state index in [1.165, 1.54) is 11.1 Å². The van der Waals surface area contributed by atoms with Gasteiger partial charge in [-0.05, 0) is 76.9 Å². The van der Waals surface area contributed by atoms with Gasteiger partial charge in [-0.2, -0.15) is 0 Å². The zero-order chi connectivity index (χ0) is 19.9. The minimum Gasteiger partial charge on any atom is -0.493 e. The lowest BCUT2D eigenvalue weighted by Crippen LogP contribution is -2.00. The quantitative estimate of drug-likeness (QED) is 0.283. The van der Waals surface area contributed by atoms with Gasteiger partial charge in [0.15, 0.2) is 11.5 Å². The fourth-order valence-corrected chi connectivity index (χ4v) is 3.54. The van der Waals surface area contributed by atoms with Gasteiger partial charge in [-0.1, -0.05) is 48.9 Å². The van der Waals surface area contributed by atoms with Gasteiger partial charge in [0, 0.05) is 6.21 Å². The summed E-state index contributed by atoms with van der Waals surface area (Å²) in [5.41, 5.74) is 5.59. The molecule has 0 heterocycles. The molecule has 0 saturated heterocycles. The molecular formula is C24H24INO2. The maximum absolute atomic E-state index is 6.05. The average Bonchev–Trinajstić information content (AvgIpc) is 2.72. The van der Waals surface area contributed by atoms with Crippen molar-refractivity contribution in [3.05, 3.63) is 86.5 Å². The molecule has 0 aliphatic carbocycles. The summed E-state index contributed by atoms with van der Waals surface area (Å²) >= 11 is 2.28. The highest BCUT2D eigenvalue weighted by Crippen LogP contribution is 2.34. The molecule has 0 amide bonds. The zero-order valence-corrected chi connectivity index (χ0v) is 18.6. The van der Waals surface area contributed by atoms with Crippen molar-refractivity contribution < 1.29 is 9.47 Å². The van der Waals surface area contributed by atoms with Crippen molar-refractivity contribution >= 4 is 34.5 Å². The Bertz CT molecular complexity index is 948. The van der Waals surface area contributed by atoms with E-state index in [1.54, 1.807) is 7.11 Å². The lowest BCUT2D eigenvalue weighted by atomic mass is 10.1. The zero-order valence-electron chi connectivity index (χ0n) is 16.4. The number of hydrogen-bond acceptors (Lipinski definition) is 3. The molecule has 0 aliphatic heterocycles. The molecule has 144 valence electrons. The Morgan fingerprint density at radius 2 is 1.64 bits per heavy atom. The van der Waals surface area contributed by atoms with E-state index < -0.39 is 0 Å². The molecule has 3 aromatic rings. The number of methoxy groups -OCH3 is 1. The van der Waals surface area contributed by atoms with Gasteiger partial charge in [0.25, 0.3) is 0 Å². The fourth-order valence-electron chi connectivity index (χ4n) is 2.76. The fraction of sp³-hybridized carbons (Fsp3) is 0.208. The second-order valence-corrected chi connectivity index (χ2v) is 7.75. The molecule has 3 aromatic carbocycles. The molecule has 0 spiro atoms. The molecule has 3 nitrogen and oxygen atoms in total. The summed E-state index contributed by atoms with van der Waals surface area (Å²) < 4.78 is 12.6. The summed E-state index contributed by atoms with van der Waals surface area (Å²) in [6, 6.07) is 20.7. The molecule has 0 saturated carbocycles. The molecule has 3 rings (SSSR count). The van der Waals surface area contributed by atoms with Crippen LogP contribution < -0.4 is 9.47 Å². The standard InChI is InChI=1S/C24H24INO2/c1-4-18-9-11-21(12-10-18)26-15-20-13-22(25)24(23(14-20)27-3)28-16-19-7-5-17(2)6-8-19/h5-15H,4,16H2,1-3H3. The first-order valence-corrected chi connectivity index (χ1v) is 10.4. The van der Waals surface area contributed by atoms with E-state index in [9.17, 15) is 0 Å². The lowest BCUT2D eigenvalue weighted by Gasteiger charge is -2.13. The maximum Gasteiger partial charge on any atom is 0.174 e. The smallest absolute Gasteiger partial charge is 0.174 e. The van der Waals surface area contributed by atoms with Crippen LogP contribution in [0, 0.1) is 10.5 Å². The summed E-state index contributed by atoms with van der Waals surface area (Å²) in [6.45, 7) is 4.73. The third-order valence-corrected chi connectivity index (χ3v) is 5.26. The molecular weight excluding hydrogens is 461 g/mol. The summed E-state index contributed by atoms with van der Waals surface area (Å²) in [7, 11) is 1.66. The van der Waals surface area contributed by atoms with Crippen LogP contribution in [0.4, 0.5) is 5.69 Å². The van der Waals surface area contributed by atoms with Crippen molar-refractivity contribution in [3.8, 4) is 11.5 Å². The van der Waals surface area contributed by atoms with Crippen molar-refractivity contribution in [2.75, 3.05) is 7.11 Å². The van der Waals surface area contributed by atoms with Crippen molar-refractivity contribution in [2.45, 2.75) is 26.9 Å². The number of ether oxygens (including phenoxy) is 2. The minimum absolute atomic E-state index is 0.504. The summed E-state index contributed by atoms with van der Waals surface area (Å²) in [4.78, 5) is 4.58.